The number of hydroxylamine groups is 1. The summed E-state index contributed by atoms with van der Waals surface area (Å²) in [5, 5.41) is -4.02. The first-order chi connectivity index (χ1) is 7.03. The van der Waals surface area contributed by atoms with E-state index in [0.29, 0.717) is 0 Å². The Morgan fingerprint density at radius 2 is 1.44 bits per heavy atom. The van der Waals surface area contributed by atoms with E-state index in [2.05, 4.69) is 4.84 Å². The van der Waals surface area contributed by atoms with E-state index in [0.717, 1.165) is 5.21 Å². The molecule has 0 amide bonds. The number of hydrogen-bond donors (Lipinski definition) is 0. The van der Waals surface area contributed by atoms with Crippen LogP contribution in [0.4, 0.5) is 39.9 Å². The number of guanidine groups is 1. The molecular formula is C3F9N3O. The maximum Gasteiger partial charge on any atom is 0.485 e. The number of halogens is 9. The van der Waals surface area contributed by atoms with Gasteiger partial charge in [-0.25, -0.2) is 0 Å². The Balaban J connectivity index is 4.75. The van der Waals surface area contributed by atoms with Gasteiger partial charge in [0.05, 0.1) is 0 Å². The van der Waals surface area contributed by atoms with Gasteiger partial charge in [-0.05, 0) is 10.5 Å². The van der Waals surface area contributed by atoms with Gasteiger partial charge in [-0.2, -0.15) is 26.8 Å². The molecule has 4 nitrogen and oxygen atoms in total. The maximum atomic E-state index is 12.1. The summed E-state index contributed by atoms with van der Waals surface area (Å²) in [6.45, 7) is 0. The van der Waals surface area contributed by atoms with Crippen LogP contribution in [0, 0.1) is 0 Å². The molecule has 0 atom stereocenters. The van der Waals surface area contributed by atoms with Crippen molar-refractivity contribution in [2.24, 2.45) is 5.21 Å². The summed E-state index contributed by atoms with van der Waals surface area (Å²) >= 11 is 0. The van der Waals surface area contributed by atoms with Crippen molar-refractivity contribution < 1.29 is 44.7 Å². The van der Waals surface area contributed by atoms with E-state index in [-0.39, 0.29) is 0 Å². The van der Waals surface area contributed by atoms with Crippen LogP contribution >= 0.6 is 0 Å². The van der Waals surface area contributed by atoms with E-state index >= 15 is 0 Å². The highest BCUT2D eigenvalue weighted by molar-refractivity contribution is 5.75. The maximum absolute atomic E-state index is 12.1. The van der Waals surface area contributed by atoms with E-state index in [1.165, 1.54) is 0 Å². The third-order valence-corrected chi connectivity index (χ3v) is 0.909. The Bertz CT molecular complexity index is 261. The lowest BCUT2D eigenvalue weighted by Gasteiger charge is -2.21. The monoisotopic (exact) mass is 265 g/mol. The van der Waals surface area contributed by atoms with Crippen LogP contribution in [-0.4, -0.2) is 28.9 Å². The molecule has 0 fully saturated rings. The lowest BCUT2D eigenvalue weighted by molar-refractivity contribution is -0.468. The first-order valence-corrected chi connectivity index (χ1v) is 2.93. The minimum absolute atomic E-state index is 0.872. The first-order valence-electron chi connectivity index (χ1n) is 2.93. The Labute approximate surface area is 80.2 Å². The Morgan fingerprint density at radius 3 is 1.69 bits per heavy atom. The standard InChI is InChI=1S/C3F9N3O/c4-2(5,6)3(7,8)16-15(12)1(13-9)14(10)11. The molecule has 0 spiro atoms. The molecule has 0 aromatic rings. The Hall–Kier alpha value is -1.40. The van der Waals surface area contributed by atoms with Gasteiger partial charge >= 0.3 is 18.2 Å². The first kappa shape index (κ1) is 14.6. The average Bonchev–Trinajstić information content (AvgIpc) is 2.00. The van der Waals surface area contributed by atoms with Gasteiger partial charge in [-0.1, -0.05) is 17.9 Å². The van der Waals surface area contributed by atoms with Crippen LogP contribution in [-0.2, 0) is 4.84 Å². The number of hydrogen-bond acceptors (Lipinski definition) is 2. The summed E-state index contributed by atoms with van der Waals surface area (Å²) < 4.78 is 104. The SMILES string of the molecule is FN=C(N(F)F)N(F)OC(F)(F)C(F)(F)F. The molecule has 0 aromatic heterocycles. The minimum Gasteiger partial charge on any atom is -0.165 e. The van der Waals surface area contributed by atoms with E-state index in [1.54, 1.807) is 0 Å². The molecule has 0 aromatic carbocycles. The lowest BCUT2D eigenvalue weighted by Crippen LogP contribution is -2.45. The van der Waals surface area contributed by atoms with Crippen molar-refractivity contribution in [3.8, 4) is 0 Å². The van der Waals surface area contributed by atoms with Crippen LogP contribution in [0.3, 0.4) is 0 Å². The Morgan fingerprint density at radius 1 is 1.00 bits per heavy atom. The molecule has 16 heavy (non-hydrogen) atoms. The number of nitrogens with zero attached hydrogens (tertiary/aromatic N) is 3. The van der Waals surface area contributed by atoms with Gasteiger partial charge in [-0.3, -0.25) is 0 Å². The normalized spacial score (nSPS) is 13.9. The fourth-order valence-electron chi connectivity index (χ4n) is 0.311. The molecule has 0 rings (SSSR count). The predicted octanol–water partition coefficient (Wildman–Crippen LogP) is 2.57. The highest BCUT2D eigenvalue weighted by atomic mass is 19.4. The second-order valence-electron chi connectivity index (χ2n) is 1.97. The molecule has 0 aliphatic heterocycles. The molecule has 0 aliphatic rings. The van der Waals surface area contributed by atoms with Crippen molar-refractivity contribution in [1.29, 1.82) is 0 Å². The fourth-order valence-corrected chi connectivity index (χ4v) is 0.311. The molecule has 0 radical (unpaired) electrons. The molecule has 0 bridgehead atoms. The minimum atomic E-state index is -6.38. The molecule has 0 N–H and O–H groups in total. The van der Waals surface area contributed by atoms with Crippen LogP contribution in [0.25, 0.3) is 0 Å². The van der Waals surface area contributed by atoms with Crippen LogP contribution < -0.4 is 0 Å². The summed E-state index contributed by atoms with van der Waals surface area (Å²) in [4.78, 5) is 2.13. The zero-order valence-corrected chi connectivity index (χ0v) is 6.65. The van der Waals surface area contributed by atoms with Crippen molar-refractivity contribution in [3.63, 3.8) is 0 Å². The molecule has 0 aliphatic carbocycles. The predicted molar refractivity (Wildman–Crippen MR) is 27.6 cm³/mol. The van der Waals surface area contributed by atoms with Crippen LogP contribution in [0.2, 0.25) is 0 Å². The highest BCUT2D eigenvalue weighted by Gasteiger charge is 2.62. The summed E-state index contributed by atoms with van der Waals surface area (Å²) in [5.41, 5.74) is 0. The van der Waals surface area contributed by atoms with Crippen molar-refractivity contribution in [2.75, 3.05) is 0 Å². The average molecular weight is 265 g/mol. The zero-order chi connectivity index (χ0) is 13.1. The van der Waals surface area contributed by atoms with Gasteiger partial charge in [0, 0.05) is 5.34 Å². The molecular weight excluding hydrogens is 265 g/mol. The summed E-state index contributed by atoms with van der Waals surface area (Å²) in [7, 11) is 0. The molecule has 96 valence electrons. The van der Waals surface area contributed by atoms with E-state index in [4.69, 9.17) is 0 Å². The molecule has 0 unspecified atom stereocenters. The second-order valence-corrected chi connectivity index (χ2v) is 1.97. The fraction of sp³-hybridized carbons (Fsp3) is 0.667. The third-order valence-electron chi connectivity index (χ3n) is 0.909. The Kier molecular flexibility index (Phi) is 4.22. The van der Waals surface area contributed by atoms with Crippen LogP contribution in [0.1, 0.15) is 0 Å². The molecule has 13 heteroatoms. The van der Waals surface area contributed by atoms with Crippen molar-refractivity contribution >= 4 is 5.96 Å². The highest BCUT2D eigenvalue weighted by Crippen LogP contribution is 2.37. The molecule has 0 saturated carbocycles. The van der Waals surface area contributed by atoms with Gasteiger partial charge in [0.1, 0.15) is 0 Å². The van der Waals surface area contributed by atoms with Gasteiger partial charge in [0.25, 0.3) is 0 Å². The number of rotatable bonds is 2. The van der Waals surface area contributed by atoms with Gasteiger partial charge in [0.15, 0.2) is 0 Å². The summed E-state index contributed by atoms with van der Waals surface area (Å²) in [6.07, 6.45) is -12.5. The molecule has 0 saturated heterocycles. The van der Waals surface area contributed by atoms with Crippen molar-refractivity contribution in [3.05, 3.63) is 0 Å². The number of alkyl halides is 5. The largest absolute Gasteiger partial charge is 0.485 e. The van der Waals surface area contributed by atoms with E-state index < -0.39 is 28.9 Å². The zero-order valence-electron chi connectivity index (χ0n) is 6.65. The van der Waals surface area contributed by atoms with E-state index in [1.807, 2.05) is 0 Å². The van der Waals surface area contributed by atoms with Crippen LogP contribution in [0.15, 0.2) is 5.21 Å². The summed E-state index contributed by atoms with van der Waals surface area (Å²) in [6, 6.07) is 0. The summed E-state index contributed by atoms with van der Waals surface area (Å²) in [5.74, 6) is -2.84. The van der Waals surface area contributed by atoms with E-state index in [9.17, 15) is 39.9 Å². The third kappa shape index (κ3) is 3.32. The topological polar surface area (TPSA) is 28.1 Å². The van der Waals surface area contributed by atoms with Crippen molar-refractivity contribution in [1.82, 2.24) is 10.6 Å². The van der Waals surface area contributed by atoms with Crippen LogP contribution in [0.5, 0.6) is 0 Å². The van der Waals surface area contributed by atoms with Gasteiger partial charge < -0.3 is 0 Å². The molecule has 0 heterocycles. The van der Waals surface area contributed by atoms with Crippen molar-refractivity contribution in [2.45, 2.75) is 12.3 Å². The second kappa shape index (κ2) is 4.63. The quantitative estimate of drug-likeness (QED) is 0.252. The smallest absolute Gasteiger partial charge is 0.165 e. The van der Waals surface area contributed by atoms with Gasteiger partial charge in [-0.15, -0.1) is 0 Å². The van der Waals surface area contributed by atoms with Gasteiger partial charge in [0.2, 0.25) is 0 Å². The lowest BCUT2D eigenvalue weighted by atomic mass is 10.6.